The molecule has 0 aliphatic heterocycles. The van der Waals surface area contributed by atoms with E-state index in [-0.39, 0.29) is 23.8 Å². The highest BCUT2D eigenvalue weighted by molar-refractivity contribution is 7.99. The van der Waals surface area contributed by atoms with Gasteiger partial charge in [0.1, 0.15) is 5.60 Å². The molecular weight excluding hydrogens is 226 g/mol. The summed E-state index contributed by atoms with van der Waals surface area (Å²) in [5, 5.41) is 12.0. The number of ether oxygens (including phenoxy) is 1. The molecule has 3 atom stereocenters. The third-order valence-electron chi connectivity index (χ3n) is 3.00. The summed E-state index contributed by atoms with van der Waals surface area (Å²) in [7, 11) is 1.53. The smallest absolute Gasteiger partial charge is 0.252 e. The van der Waals surface area contributed by atoms with Crippen LogP contribution in [-0.2, 0) is 9.53 Å². The van der Waals surface area contributed by atoms with E-state index in [9.17, 15) is 4.79 Å². The summed E-state index contributed by atoms with van der Waals surface area (Å²) in [4.78, 5) is 11.9. The highest BCUT2D eigenvalue weighted by Gasteiger charge is 2.32. The van der Waals surface area contributed by atoms with Crippen LogP contribution < -0.4 is 5.32 Å². The lowest BCUT2D eigenvalue weighted by Gasteiger charge is -2.29. The van der Waals surface area contributed by atoms with E-state index in [1.54, 1.807) is 18.7 Å². The molecule has 0 rings (SSSR count). The van der Waals surface area contributed by atoms with Gasteiger partial charge in [0.2, 0.25) is 0 Å². The van der Waals surface area contributed by atoms with Crippen LogP contribution in [0.4, 0.5) is 0 Å². The molecule has 0 aromatic carbocycles. The Hall–Kier alpha value is -0.260. The molecule has 1 amide bonds. The van der Waals surface area contributed by atoms with Gasteiger partial charge in [-0.15, -0.1) is 0 Å². The van der Waals surface area contributed by atoms with Gasteiger partial charge in [0.25, 0.3) is 5.91 Å². The van der Waals surface area contributed by atoms with Crippen molar-refractivity contribution < 1.29 is 14.6 Å². The molecule has 0 aromatic heterocycles. The van der Waals surface area contributed by atoms with Crippen LogP contribution in [0.25, 0.3) is 0 Å². The Kier molecular flexibility index (Phi) is 7.03. The second kappa shape index (κ2) is 7.14. The highest BCUT2D eigenvalue weighted by atomic mass is 32.2. The lowest BCUT2D eigenvalue weighted by atomic mass is 10.0. The van der Waals surface area contributed by atoms with Crippen molar-refractivity contribution in [2.75, 3.05) is 20.0 Å². The van der Waals surface area contributed by atoms with Gasteiger partial charge in [0.05, 0.1) is 6.61 Å². The van der Waals surface area contributed by atoms with E-state index >= 15 is 0 Å². The topological polar surface area (TPSA) is 58.6 Å². The molecule has 0 spiro atoms. The van der Waals surface area contributed by atoms with Crippen LogP contribution >= 0.6 is 11.8 Å². The first-order chi connectivity index (χ1) is 7.45. The fourth-order valence-corrected chi connectivity index (χ4v) is 1.91. The first-order valence-corrected chi connectivity index (χ1v) is 6.73. The second-order valence-electron chi connectivity index (χ2n) is 4.01. The summed E-state index contributed by atoms with van der Waals surface area (Å²) in [6, 6.07) is -0.0754. The van der Waals surface area contributed by atoms with E-state index in [0.717, 1.165) is 0 Å². The Balaban J connectivity index is 4.43. The van der Waals surface area contributed by atoms with Gasteiger partial charge in [-0.3, -0.25) is 4.79 Å². The molecule has 0 saturated heterocycles. The van der Waals surface area contributed by atoms with Crippen LogP contribution in [0.3, 0.4) is 0 Å². The van der Waals surface area contributed by atoms with E-state index in [2.05, 4.69) is 5.32 Å². The molecule has 16 heavy (non-hydrogen) atoms. The van der Waals surface area contributed by atoms with Crippen molar-refractivity contribution in [1.29, 1.82) is 0 Å². The van der Waals surface area contributed by atoms with Crippen molar-refractivity contribution in [1.82, 2.24) is 5.32 Å². The number of hydrogen-bond donors (Lipinski definition) is 2. The minimum Gasteiger partial charge on any atom is -0.395 e. The zero-order valence-corrected chi connectivity index (χ0v) is 11.6. The molecule has 0 bridgehead atoms. The Bertz CT molecular complexity index is 215. The van der Waals surface area contributed by atoms with E-state index in [1.165, 1.54) is 7.11 Å². The number of methoxy groups -OCH3 is 1. The zero-order chi connectivity index (χ0) is 12.8. The Morgan fingerprint density at radius 1 is 1.62 bits per heavy atom. The van der Waals surface area contributed by atoms with E-state index in [4.69, 9.17) is 9.84 Å². The number of aliphatic hydroxyl groups excluding tert-OH is 1. The number of thioether (sulfide) groups is 1. The average Bonchev–Trinajstić information content (AvgIpc) is 2.29. The Morgan fingerprint density at radius 2 is 2.19 bits per heavy atom. The number of hydrogen-bond acceptors (Lipinski definition) is 4. The molecule has 5 heteroatoms. The summed E-state index contributed by atoms with van der Waals surface area (Å²) in [5.41, 5.74) is -0.785. The predicted octanol–water partition coefficient (Wildman–Crippen LogP) is 1.03. The van der Waals surface area contributed by atoms with Gasteiger partial charge in [-0.25, -0.2) is 0 Å². The van der Waals surface area contributed by atoms with Crippen LogP contribution in [0.2, 0.25) is 0 Å². The van der Waals surface area contributed by atoms with E-state index < -0.39 is 5.60 Å². The van der Waals surface area contributed by atoms with Gasteiger partial charge in [-0.1, -0.05) is 6.92 Å². The van der Waals surface area contributed by atoms with Gasteiger partial charge >= 0.3 is 0 Å². The van der Waals surface area contributed by atoms with Crippen LogP contribution in [0, 0.1) is 0 Å². The molecule has 2 N–H and O–H groups in total. The molecule has 0 aliphatic carbocycles. The summed E-state index contributed by atoms with van der Waals surface area (Å²) in [6.45, 7) is 5.62. The summed E-state index contributed by atoms with van der Waals surface area (Å²) in [5.74, 6) is -0.127. The monoisotopic (exact) mass is 249 g/mol. The molecule has 0 fully saturated rings. The predicted molar refractivity (Wildman–Crippen MR) is 67.7 cm³/mol. The first kappa shape index (κ1) is 15.7. The molecule has 3 unspecified atom stereocenters. The SMILES string of the molecule is CCC(C)(OC)C(=O)NC(C)C(CO)SC. The molecule has 0 radical (unpaired) electrons. The van der Waals surface area contributed by atoms with Gasteiger partial charge < -0.3 is 15.2 Å². The number of amides is 1. The number of aliphatic hydroxyl groups is 1. The third kappa shape index (κ3) is 3.96. The molecule has 96 valence electrons. The first-order valence-electron chi connectivity index (χ1n) is 5.44. The fraction of sp³-hybridized carbons (Fsp3) is 0.909. The third-order valence-corrected chi connectivity index (χ3v) is 4.17. The van der Waals surface area contributed by atoms with Crippen molar-refractivity contribution >= 4 is 17.7 Å². The minimum absolute atomic E-state index is 0.0157. The maximum Gasteiger partial charge on any atom is 0.252 e. The van der Waals surface area contributed by atoms with Crippen molar-refractivity contribution in [3.05, 3.63) is 0 Å². The zero-order valence-electron chi connectivity index (χ0n) is 10.7. The number of carbonyl (C=O) groups is 1. The van der Waals surface area contributed by atoms with Crippen molar-refractivity contribution in [2.45, 2.75) is 44.1 Å². The molecular formula is C11H23NO3S. The second-order valence-corrected chi connectivity index (χ2v) is 5.08. The van der Waals surface area contributed by atoms with Crippen molar-refractivity contribution in [2.24, 2.45) is 0 Å². The number of nitrogens with one attached hydrogen (secondary N) is 1. The largest absolute Gasteiger partial charge is 0.395 e. The van der Waals surface area contributed by atoms with Crippen molar-refractivity contribution in [3.63, 3.8) is 0 Å². The number of rotatable bonds is 7. The summed E-state index contributed by atoms with van der Waals surface area (Å²) < 4.78 is 5.22. The van der Waals surface area contributed by atoms with Crippen LogP contribution in [0.1, 0.15) is 27.2 Å². The van der Waals surface area contributed by atoms with Crippen LogP contribution in [-0.4, -0.2) is 47.9 Å². The summed E-state index contributed by atoms with van der Waals surface area (Å²) >= 11 is 1.54. The maximum atomic E-state index is 11.9. The molecule has 0 heterocycles. The molecule has 0 saturated carbocycles. The number of carbonyl (C=O) groups excluding carboxylic acids is 1. The lowest BCUT2D eigenvalue weighted by molar-refractivity contribution is -0.142. The maximum absolute atomic E-state index is 11.9. The van der Waals surface area contributed by atoms with Gasteiger partial charge in [-0.2, -0.15) is 11.8 Å². The van der Waals surface area contributed by atoms with Crippen molar-refractivity contribution in [3.8, 4) is 0 Å². The standard InChI is InChI=1S/C11H23NO3S/c1-6-11(3,15-4)10(14)12-8(2)9(7-13)16-5/h8-9,13H,6-7H2,1-5H3,(H,12,14). The summed E-state index contributed by atoms with van der Waals surface area (Å²) in [6.07, 6.45) is 2.53. The minimum atomic E-state index is -0.785. The van der Waals surface area contributed by atoms with E-state index in [0.29, 0.717) is 6.42 Å². The lowest BCUT2D eigenvalue weighted by Crippen LogP contribution is -2.51. The quantitative estimate of drug-likeness (QED) is 0.707. The average molecular weight is 249 g/mol. The van der Waals surface area contributed by atoms with E-state index in [1.807, 2.05) is 20.1 Å². The molecule has 4 nitrogen and oxygen atoms in total. The normalized spacial score (nSPS) is 18.6. The Labute approximate surface area is 102 Å². The van der Waals surface area contributed by atoms with Crippen LogP contribution in [0.5, 0.6) is 0 Å². The van der Waals surface area contributed by atoms with Gasteiger partial charge in [0, 0.05) is 18.4 Å². The molecule has 0 aliphatic rings. The van der Waals surface area contributed by atoms with Crippen LogP contribution in [0.15, 0.2) is 0 Å². The fourth-order valence-electron chi connectivity index (χ4n) is 1.29. The molecule has 0 aromatic rings. The van der Waals surface area contributed by atoms with Gasteiger partial charge in [-0.05, 0) is 26.5 Å². The highest BCUT2D eigenvalue weighted by Crippen LogP contribution is 2.16. The van der Waals surface area contributed by atoms with Gasteiger partial charge in [0.15, 0.2) is 0 Å². The Morgan fingerprint density at radius 3 is 2.50 bits per heavy atom.